The van der Waals surface area contributed by atoms with E-state index in [1.807, 2.05) is 6.92 Å². The number of amides is 4. The van der Waals surface area contributed by atoms with Crippen molar-refractivity contribution in [1.29, 1.82) is 5.26 Å². The Morgan fingerprint density at radius 3 is 2.59 bits per heavy atom. The van der Waals surface area contributed by atoms with Crippen molar-refractivity contribution in [3.05, 3.63) is 35.6 Å². The average Bonchev–Trinajstić information content (AvgIpc) is 3.52. The molecule has 4 amide bonds. The Labute approximate surface area is 169 Å². The van der Waals surface area contributed by atoms with Crippen LogP contribution in [-0.4, -0.2) is 34.8 Å². The second-order valence-electron chi connectivity index (χ2n) is 7.97. The van der Waals surface area contributed by atoms with Crippen LogP contribution in [0.4, 0.5) is 9.18 Å². The van der Waals surface area contributed by atoms with E-state index >= 15 is 0 Å². The Bertz CT molecular complexity index is 862. The van der Waals surface area contributed by atoms with Crippen molar-refractivity contribution in [3.63, 3.8) is 0 Å². The Balaban J connectivity index is 1.81. The summed E-state index contributed by atoms with van der Waals surface area (Å²) in [7, 11) is 0. The number of nitrogens with zero attached hydrogens (tertiary/aromatic N) is 2. The van der Waals surface area contributed by atoms with Crippen LogP contribution in [0.2, 0.25) is 0 Å². The molecule has 0 aromatic heterocycles. The molecule has 7 nitrogen and oxygen atoms in total. The fourth-order valence-electron chi connectivity index (χ4n) is 3.81. The van der Waals surface area contributed by atoms with Gasteiger partial charge in [-0.15, -0.1) is 0 Å². The maximum Gasteiger partial charge on any atom is 0.325 e. The molecule has 154 valence electrons. The molecule has 1 heterocycles. The van der Waals surface area contributed by atoms with Crippen LogP contribution in [0.5, 0.6) is 0 Å². The molecule has 1 aliphatic heterocycles. The summed E-state index contributed by atoms with van der Waals surface area (Å²) in [6.45, 7) is 3.15. The van der Waals surface area contributed by atoms with E-state index in [9.17, 15) is 24.0 Å². The quantitative estimate of drug-likeness (QED) is 0.655. The maximum atomic E-state index is 13.4. The summed E-state index contributed by atoms with van der Waals surface area (Å²) in [6.07, 6.45) is 3.53. The topological polar surface area (TPSA) is 102 Å². The van der Waals surface area contributed by atoms with Crippen LogP contribution in [-0.2, 0) is 15.1 Å². The van der Waals surface area contributed by atoms with Crippen LogP contribution in [0.15, 0.2) is 24.3 Å². The first-order valence-corrected chi connectivity index (χ1v) is 9.88. The van der Waals surface area contributed by atoms with Crippen molar-refractivity contribution in [2.75, 3.05) is 6.54 Å². The fraction of sp³-hybridized carbons (Fsp3) is 0.524. The van der Waals surface area contributed by atoms with E-state index in [1.54, 1.807) is 6.92 Å². The summed E-state index contributed by atoms with van der Waals surface area (Å²) in [6, 6.07) is 6.89. The van der Waals surface area contributed by atoms with Crippen LogP contribution in [0.25, 0.3) is 0 Å². The van der Waals surface area contributed by atoms with Crippen molar-refractivity contribution in [2.45, 2.75) is 57.0 Å². The molecule has 0 bridgehead atoms. The summed E-state index contributed by atoms with van der Waals surface area (Å²) in [5.41, 5.74) is -1.85. The van der Waals surface area contributed by atoms with Gasteiger partial charge in [-0.2, -0.15) is 5.26 Å². The van der Waals surface area contributed by atoms with Crippen molar-refractivity contribution in [1.82, 2.24) is 15.5 Å². The molecule has 29 heavy (non-hydrogen) atoms. The third-order valence-electron chi connectivity index (χ3n) is 5.74. The van der Waals surface area contributed by atoms with Gasteiger partial charge in [-0.3, -0.25) is 14.5 Å². The van der Waals surface area contributed by atoms with Crippen molar-refractivity contribution < 1.29 is 18.8 Å². The van der Waals surface area contributed by atoms with Gasteiger partial charge in [0.15, 0.2) is 0 Å². The van der Waals surface area contributed by atoms with Gasteiger partial charge in [-0.05, 0) is 49.8 Å². The molecule has 1 saturated heterocycles. The zero-order valence-electron chi connectivity index (χ0n) is 16.6. The molecular weight excluding hydrogens is 375 g/mol. The van der Waals surface area contributed by atoms with E-state index in [1.165, 1.54) is 24.3 Å². The van der Waals surface area contributed by atoms with Crippen molar-refractivity contribution in [3.8, 4) is 6.07 Å². The first-order valence-electron chi connectivity index (χ1n) is 9.88. The number of imide groups is 1. The molecule has 2 atom stereocenters. The molecule has 8 heteroatoms. The van der Waals surface area contributed by atoms with Gasteiger partial charge in [-0.1, -0.05) is 31.9 Å². The molecule has 2 aliphatic rings. The number of carbonyl (C=O) groups is 3. The first kappa shape index (κ1) is 20.8. The second-order valence-corrected chi connectivity index (χ2v) is 7.97. The number of halogens is 1. The monoisotopic (exact) mass is 400 g/mol. The highest BCUT2D eigenvalue weighted by Crippen LogP contribution is 2.39. The Kier molecular flexibility index (Phi) is 5.60. The SMILES string of the molecule is CCCC[C@@]1(c2ccc(F)cc2)NC(=O)N(CC(=O)N[C@@](C)(C#N)C2CC2)C1=O. The molecule has 1 aliphatic carbocycles. The lowest BCUT2D eigenvalue weighted by Crippen LogP contribution is -2.51. The van der Waals surface area contributed by atoms with Crippen LogP contribution in [0.1, 0.15) is 51.5 Å². The Hall–Kier alpha value is -2.95. The summed E-state index contributed by atoms with van der Waals surface area (Å²) in [5, 5.41) is 14.8. The van der Waals surface area contributed by atoms with E-state index in [-0.39, 0.29) is 5.92 Å². The summed E-state index contributed by atoms with van der Waals surface area (Å²) < 4.78 is 13.4. The lowest BCUT2D eigenvalue weighted by Gasteiger charge is -2.28. The number of nitrogens with one attached hydrogen (secondary N) is 2. The van der Waals surface area contributed by atoms with E-state index in [0.29, 0.717) is 18.4 Å². The number of urea groups is 1. The fourth-order valence-corrected chi connectivity index (χ4v) is 3.81. The van der Waals surface area contributed by atoms with E-state index in [2.05, 4.69) is 16.7 Å². The molecule has 2 fully saturated rings. The van der Waals surface area contributed by atoms with Gasteiger partial charge >= 0.3 is 6.03 Å². The second kappa shape index (κ2) is 7.82. The molecule has 1 aromatic rings. The Morgan fingerprint density at radius 2 is 2.03 bits per heavy atom. The molecule has 0 spiro atoms. The summed E-state index contributed by atoms with van der Waals surface area (Å²) in [5.74, 6) is -1.46. The van der Waals surface area contributed by atoms with Gasteiger partial charge in [0.25, 0.3) is 5.91 Å². The normalized spacial score (nSPS) is 23.3. The standard InChI is InChI=1S/C21H25FN4O3/c1-3-4-11-21(15-7-9-16(22)10-8-15)18(28)26(19(29)25-21)12-17(27)24-20(2,13-23)14-5-6-14/h7-10,14H,3-6,11-12H2,1-2H3,(H,24,27)(H,25,29)/t20-,21-/m0/s1. The molecule has 1 saturated carbocycles. The number of unbranched alkanes of at least 4 members (excludes halogenated alkanes) is 1. The molecule has 3 rings (SSSR count). The number of hydrogen-bond acceptors (Lipinski definition) is 4. The zero-order chi connectivity index (χ0) is 21.2. The predicted molar refractivity (Wildman–Crippen MR) is 103 cm³/mol. The van der Waals surface area contributed by atoms with Crippen molar-refractivity contribution >= 4 is 17.8 Å². The minimum atomic E-state index is -1.32. The smallest absolute Gasteiger partial charge is 0.325 e. The lowest BCUT2D eigenvalue weighted by molar-refractivity contribution is -0.136. The van der Waals surface area contributed by atoms with E-state index in [0.717, 1.165) is 24.2 Å². The molecular formula is C21H25FN4O3. The highest BCUT2D eigenvalue weighted by atomic mass is 19.1. The third kappa shape index (κ3) is 3.95. The summed E-state index contributed by atoms with van der Waals surface area (Å²) >= 11 is 0. The lowest BCUT2D eigenvalue weighted by atomic mass is 9.85. The van der Waals surface area contributed by atoms with Crippen LogP contribution < -0.4 is 10.6 Å². The van der Waals surface area contributed by atoms with E-state index < -0.39 is 41.3 Å². The number of carbonyl (C=O) groups excluding carboxylic acids is 3. The minimum absolute atomic E-state index is 0.0856. The van der Waals surface area contributed by atoms with Gasteiger partial charge in [0, 0.05) is 0 Å². The van der Waals surface area contributed by atoms with Gasteiger partial charge < -0.3 is 10.6 Å². The maximum absolute atomic E-state index is 13.4. The molecule has 2 N–H and O–H groups in total. The molecule has 0 radical (unpaired) electrons. The predicted octanol–water partition coefficient (Wildman–Crippen LogP) is 2.57. The highest BCUT2D eigenvalue weighted by Gasteiger charge is 2.52. The Morgan fingerprint density at radius 1 is 1.38 bits per heavy atom. The minimum Gasteiger partial charge on any atom is -0.336 e. The molecule has 1 aromatic carbocycles. The zero-order valence-corrected chi connectivity index (χ0v) is 16.6. The number of benzene rings is 1. The van der Waals surface area contributed by atoms with Crippen LogP contribution >= 0.6 is 0 Å². The van der Waals surface area contributed by atoms with Crippen molar-refractivity contribution in [2.24, 2.45) is 5.92 Å². The van der Waals surface area contributed by atoms with E-state index in [4.69, 9.17) is 0 Å². The largest absolute Gasteiger partial charge is 0.336 e. The van der Waals surface area contributed by atoms with Gasteiger partial charge in [-0.25, -0.2) is 9.18 Å². The van der Waals surface area contributed by atoms with Gasteiger partial charge in [0.05, 0.1) is 6.07 Å². The van der Waals surface area contributed by atoms with Crippen LogP contribution in [0.3, 0.4) is 0 Å². The average molecular weight is 400 g/mol. The number of rotatable bonds is 8. The number of nitriles is 1. The highest BCUT2D eigenvalue weighted by molar-refractivity contribution is 6.09. The number of hydrogen-bond donors (Lipinski definition) is 2. The third-order valence-corrected chi connectivity index (χ3v) is 5.74. The van der Waals surface area contributed by atoms with Gasteiger partial charge in [0.1, 0.15) is 23.4 Å². The first-order chi connectivity index (χ1) is 13.8. The van der Waals surface area contributed by atoms with Gasteiger partial charge in [0.2, 0.25) is 5.91 Å². The molecule has 0 unspecified atom stereocenters. The van der Waals surface area contributed by atoms with Crippen LogP contribution in [0, 0.1) is 23.1 Å². The summed E-state index contributed by atoms with van der Waals surface area (Å²) in [4.78, 5) is 39.2.